The molecule has 0 N–H and O–H groups in total. The Morgan fingerprint density at radius 3 is 1.65 bits per heavy atom. The Bertz CT molecular complexity index is 2040. The third-order valence-corrected chi connectivity index (χ3v) is 9.67. The van der Waals surface area contributed by atoms with Gasteiger partial charge in [-0.15, -0.1) is 22.7 Å². The smallest absolute Gasteiger partial charge is 0.0542 e. The van der Waals surface area contributed by atoms with Crippen molar-refractivity contribution in [1.82, 2.24) is 0 Å². The molecule has 0 aliphatic heterocycles. The van der Waals surface area contributed by atoms with Gasteiger partial charge in [0.1, 0.15) is 0 Å². The third kappa shape index (κ3) is 2.47. The highest BCUT2D eigenvalue weighted by Crippen LogP contribution is 2.47. The lowest BCUT2D eigenvalue weighted by Gasteiger charge is -2.12. The highest BCUT2D eigenvalue weighted by molar-refractivity contribution is 7.36. The second-order valence-corrected chi connectivity index (χ2v) is 11.0. The van der Waals surface area contributed by atoms with E-state index < -0.39 is 0 Å². The van der Waals surface area contributed by atoms with Gasteiger partial charge in [0.15, 0.2) is 0 Å². The minimum atomic E-state index is 1.29. The van der Waals surface area contributed by atoms with Gasteiger partial charge in [-0.05, 0) is 55.6 Å². The summed E-state index contributed by atoms with van der Waals surface area (Å²) in [5, 5.41) is 10.7. The molecule has 2 aromatic heterocycles. The Morgan fingerprint density at radius 1 is 0.353 bits per heavy atom. The van der Waals surface area contributed by atoms with E-state index in [2.05, 4.69) is 109 Å². The van der Waals surface area contributed by atoms with Crippen molar-refractivity contribution in [1.29, 1.82) is 0 Å². The van der Waals surface area contributed by atoms with Crippen molar-refractivity contribution in [3.05, 3.63) is 109 Å². The van der Waals surface area contributed by atoms with Crippen LogP contribution in [0.15, 0.2) is 109 Å². The van der Waals surface area contributed by atoms with E-state index in [4.69, 9.17) is 0 Å². The van der Waals surface area contributed by atoms with Crippen molar-refractivity contribution >= 4 is 84.6 Å². The first kappa shape index (κ1) is 18.7. The fourth-order valence-electron chi connectivity index (χ4n) is 5.53. The average molecular weight is 467 g/mol. The van der Waals surface area contributed by atoms with Gasteiger partial charge < -0.3 is 0 Å². The van der Waals surface area contributed by atoms with Crippen LogP contribution in [0.5, 0.6) is 0 Å². The van der Waals surface area contributed by atoms with Crippen LogP contribution >= 0.6 is 22.7 Å². The fourth-order valence-corrected chi connectivity index (χ4v) is 8.31. The Balaban J connectivity index is 1.46. The van der Waals surface area contributed by atoms with Crippen molar-refractivity contribution in [3.8, 4) is 11.1 Å². The molecule has 0 spiro atoms. The van der Waals surface area contributed by atoms with E-state index in [1.54, 1.807) is 0 Å². The first-order valence-electron chi connectivity index (χ1n) is 11.5. The first-order chi connectivity index (χ1) is 16.9. The summed E-state index contributed by atoms with van der Waals surface area (Å²) in [6, 6.07) is 40.2. The molecule has 0 amide bonds. The summed E-state index contributed by atoms with van der Waals surface area (Å²) in [6.07, 6.45) is 0. The summed E-state index contributed by atoms with van der Waals surface area (Å²) >= 11 is 3.86. The van der Waals surface area contributed by atoms with E-state index in [1.165, 1.54) is 73.0 Å². The second kappa shape index (κ2) is 6.89. The molecule has 6 aromatic carbocycles. The number of hydrogen-bond donors (Lipinski definition) is 0. The maximum atomic E-state index is 2.41. The van der Waals surface area contributed by atoms with Gasteiger partial charge in [-0.1, -0.05) is 97.1 Å². The molecule has 0 fully saturated rings. The SMILES string of the molecule is c1ccc2c(c1)sc1c3cccc(-c4ccc5c6ccccc6c6ccccc6c5c4)c3sc21. The van der Waals surface area contributed by atoms with E-state index in [-0.39, 0.29) is 0 Å². The zero-order valence-corrected chi connectivity index (χ0v) is 19.8. The van der Waals surface area contributed by atoms with Gasteiger partial charge in [-0.3, -0.25) is 0 Å². The van der Waals surface area contributed by atoms with Crippen LogP contribution in [0.1, 0.15) is 0 Å². The number of hydrogen-bond acceptors (Lipinski definition) is 2. The maximum Gasteiger partial charge on any atom is 0.0542 e. The van der Waals surface area contributed by atoms with E-state index in [0.717, 1.165) is 0 Å². The molecule has 0 aliphatic carbocycles. The fraction of sp³-hybridized carbons (Fsp3) is 0. The largest absolute Gasteiger partial charge is 0.134 e. The molecule has 0 bridgehead atoms. The lowest BCUT2D eigenvalue weighted by atomic mass is 9.92. The van der Waals surface area contributed by atoms with Crippen LogP contribution in [0, 0.1) is 0 Å². The quantitative estimate of drug-likeness (QED) is 0.211. The van der Waals surface area contributed by atoms with Gasteiger partial charge >= 0.3 is 0 Å². The summed E-state index contributed by atoms with van der Waals surface area (Å²) in [6.45, 7) is 0. The number of thiophene rings is 2. The van der Waals surface area contributed by atoms with Gasteiger partial charge in [0.2, 0.25) is 0 Å². The monoisotopic (exact) mass is 466 g/mol. The van der Waals surface area contributed by atoms with E-state index >= 15 is 0 Å². The van der Waals surface area contributed by atoms with Gasteiger partial charge in [0, 0.05) is 20.2 Å². The summed E-state index contributed by atoms with van der Waals surface area (Å²) in [5.74, 6) is 0. The van der Waals surface area contributed by atoms with E-state index in [0.29, 0.717) is 0 Å². The zero-order chi connectivity index (χ0) is 22.2. The number of rotatable bonds is 1. The predicted octanol–water partition coefficient (Wildman–Crippen LogP) is 10.4. The minimum Gasteiger partial charge on any atom is -0.134 e. The Hall–Kier alpha value is -3.72. The van der Waals surface area contributed by atoms with Crippen LogP contribution in [-0.2, 0) is 0 Å². The van der Waals surface area contributed by atoms with Crippen molar-refractivity contribution in [2.24, 2.45) is 0 Å². The zero-order valence-electron chi connectivity index (χ0n) is 18.2. The van der Waals surface area contributed by atoms with Crippen LogP contribution in [0.25, 0.3) is 73.0 Å². The molecule has 2 heterocycles. The lowest BCUT2D eigenvalue weighted by Crippen LogP contribution is -1.85. The van der Waals surface area contributed by atoms with Crippen molar-refractivity contribution < 1.29 is 0 Å². The molecule has 34 heavy (non-hydrogen) atoms. The van der Waals surface area contributed by atoms with Crippen LogP contribution in [-0.4, -0.2) is 0 Å². The molecule has 0 aliphatic rings. The molecule has 0 saturated heterocycles. The summed E-state index contributed by atoms with van der Waals surface area (Å²) in [7, 11) is 0. The standard InChI is InChI=1S/C32H18S2/c1-2-10-23-21(8-1)22-9-3-4-11-24(22)28-18-19(16-17-25(23)28)20-13-7-14-27-30(20)34-31-26-12-5-6-15-29(26)33-32(27)31/h1-18H. The number of benzene rings is 6. The topological polar surface area (TPSA) is 0 Å². The van der Waals surface area contributed by atoms with Gasteiger partial charge in [-0.25, -0.2) is 0 Å². The van der Waals surface area contributed by atoms with Crippen LogP contribution < -0.4 is 0 Å². The second-order valence-electron chi connectivity index (χ2n) is 8.89. The predicted molar refractivity (Wildman–Crippen MR) is 153 cm³/mol. The van der Waals surface area contributed by atoms with Crippen molar-refractivity contribution in [3.63, 3.8) is 0 Å². The molecule has 8 rings (SSSR count). The van der Waals surface area contributed by atoms with Crippen molar-refractivity contribution in [2.75, 3.05) is 0 Å². The van der Waals surface area contributed by atoms with Crippen LogP contribution in [0.2, 0.25) is 0 Å². The van der Waals surface area contributed by atoms with E-state index in [1.807, 2.05) is 22.7 Å². The van der Waals surface area contributed by atoms with Crippen LogP contribution in [0.4, 0.5) is 0 Å². The third-order valence-electron chi connectivity index (χ3n) is 7.07. The van der Waals surface area contributed by atoms with Gasteiger partial charge in [0.05, 0.1) is 9.40 Å². The summed E-state index contributed by atoms with van der Waals surface area (Å²) in [4.78, 5) is 0. The molecule has 2 heteroatoms. The number of fused-ring (bicyclic) bond motifs is 11. The molecule has 0 radical (unpaired) electrons. The molecule has 8 aromatic rings. The molecule has 0 unspecified atom stereocenters. The maximum absolute atomic E-state index is 2.41. The van der Waals surface area contributed by atoms with Gasteiger partial charge in [0.25, 0.3) is 0 Å². The minimum absolute atomic E-state index is 1.29. The summed E-state index contributed by atoms with van der Waals surface area (Å²) < 4.78 is 5.60. The van der Waals surface area contributed by atoms with Crippen LogP contribution in [0.3, 0.4) is 0 Å². The highest BCUT2D eigenvalue weighted by Gasteiger charge is 2.16. The normalized spacial score (nSPS) is 12.1. The van der Waals surface area contributed by atoms with Crippen molar-refractivity contribution in [2.45, 2.75) is 0 Å². The van der Waals surface area contributed by atoms with E-state index in [9.17, 15) is 0 Å². The Kier molecular flexibility index (Phi) is 3.79. The lowest BCUT2D eigenvalue weighted by molar-refractivity contribution is 1.73. The summed E-state index contributed by atoms with van der Waals surface area (Å²) in [5.41, 5.74) is 2.62. The highest BCUT2D eigenvalue weighted by atomic mass is 32.1. The molecule has 0 nitrogen and oxygen atoms in total. The molecular formula is C32H18S2. The molecular weight excluding hydrogens is 448 g/mol. The first-order valence-corrected chi connectivity index (χ1v) is 13.2. The van der Waals surface area contributed by atoms with Gasteiger partial charge in [-0.2, -0.15) is 0 Å². The Morgan fingerprint density at radius 2 is 0.912 bits per heavy atom. The molecule has 0 saturated carbocycles. The Labute approximate surface area is 204 Å². The molecule has 0 atom stereocenters. The average Bonchev–Trinajstić information content (AvgIpc) is 3.45. The molecule has 158 valence electrons.